The number of phenolic OH excluding ortho intramolecular Hbond substituents is 1. The molecule has 0 spiro atoms. The Balaban J connectivity index is 0.000000427. The minimum Gasteiger partial charge on any atom is -0.872 e. The summed E-state index contributed by atoms with van der Waals surface area (Å²) < 4.78 is 78.4. The summed E-state index contributed by atoms with van der Waals surface area (Å²) in [6.07, 6.45) is 28.4. The van der Waals surface area contributed by atoms with Crippen molar-refractivity contribution in [3.8, 4) is 34.5 Å². The number of aryl methyl sites for hydroxylation is 2. The Hall–Kier alpha value is -2.84. The number of unbranched alkanes of at least 4 members (excludes halogenated alkanes) is 20. The Morgan fingerprint density at radius 2 is 0.825 bits per heavy atom. The fourth-order valence-electron chi connectivity index (χ4n) is 7.35. The molecule has 4 aromatic rings. The van der Waals surface area contributed by atoms with Gasteiger partial charge in [0, 0.05) is 6.07 Å². The van der Waals surface area contributed by atoms with Crippen LogP contribution in [0.3, 0.4) is 0 Å². The van der Waals surface area contributed by atoms with Crippen LogP contribution in [0.15, 0.2) is 94.7 Å². The second-order valence-corrected chi connectivity index (χ2v) is 18.9. The predicted molar refractivity (Wildman–Crippen MR) is 251 cm³/mol. The molecule has 2 N–H and O–H groups in total. The first-order valence-corrected chi connectivity index (χ1v) is 25.8. The number of phenols is 1. The number of benzene rings is 4. The van der Waals surface area contributed by atoms with Crippen molar-refractivity contribution in [1.82, 2.24) is 0 Å². The maximum absolute atomic E-state index is 12.2. The van der Waals surface area contributed by atoms with E-state index < -0.39 is 41.5 Å². The molecule has 0 aromatic heterocycles. The van der Waals surface area contributed by atoms with Crippen molar-refractivity contribution in [3.05, 3.63) is 96.1 Å². The van der Waals surface area contributed by atoms with Crippen LogP contribution in [0.4, 0.5) is 0 Å². The average Bonchev–Trinajstić information content (AvgIpc) is 3.23. The van der Waals surface area contributed by atoms with E-state index in [-0.39, 0.29) is 43.5 Å². The molecule has 63 heavy (non-hydrogen) atoms. The Labute approximate surface area is 408 Å². The molecule has 0 aliphatic heterocycles. The van der Waals surface area contributed by atoms with Crippen LogP contribution in [0.2, 0.25) is 0 Å². The third-order valence-electron chi connectivity index (χ3n) is 10.9. The zero-order valence-electron chi connectivity index (χ0n) is 37.7. The quantitative estimate of drug-likeness (QED) is 0.0291. The number of hydrogen-bond donors (Lipinski definition) is 2. The summed E-state index contributed by atoms with van der Waals surface area (Å²) in [5.41, 5.74) is 1.36. The molecule has 0 saturated heterocycles. The van der Waals surface area contributed by atoms with E-state index in [4.69, 9.17) is 9.47 Å². The van der Waals surface area contributed by atoms with Gasteiger partial charge in [-0.3, -0.25) is 4.55 Å². The minimum absolute atomic E-state index is 0. The van der Waals surface area contributed by atoms with Gasteiger partial charge in [0.1, 0.15) is 43.8 Å². The fourth-order valence-corrected chi connectivity index (χ4v) is 8.49. The van der Waals surface area contributed by atoms with Gasteiger partial charge in [-0.2, -0.15) is 8.42 Å². The largest absolute Gasteiger partial charge is 2.00 e. The summed E-state index contributed by atoms with van der Waals surface area (Å²) in [5.74, 6) is 0.454. The van der Waals surface area contributed by atoms with Gasteiger partial charge >= 0.3 is 37.7 Å². The van der Waals surface area contributed by atoms with Gasteiger partial charge in [-0.1, -0.05) is 190 Å². The van der Waals surface area contributed by atoms with E-state index in [1.807, 2.05) is 24.3 Å². The van der Waals surface area contributed by atoms with Crippen molar-refractivity contribution in [3.63, 3.8) is 0 Å². The van der Waals surface area contributed by atoms with Gasteiger partial charge < -0.3 is 24.2 Å². The second-order valence-electron chi connectivity index (χ2n) is 16.2. The minimum atomic E-state index is -4.85. The number of aromatic hydroxyl groups is 1. The third-order valence-corrected chi connectivity index (χ3v) is 12.6. The van der Waals surface area contributed by atoms with Crippen LogP contribution in [0.5, 0.6) is 34.5 Å². The van der Waals surface area contributed by atoms with Crippen LogP contribution in [0.25, 0.3) is 0 Å². The third kappa shape index (κ3) is 23.3. The van der Waals surface area contributed by atoms with Crippen molar-refractivity contribution in [2.75, 3.05) is 0 Å². The number of para-hydroxylation sites is 2. The van der Waals surface area contributed by atoms with Gasteiger partial charge in [-0.15, -0.1) is 0 Å². The zero-order chi connectivity index (χ0) is 45.1. The Kier molecular flexibility index (Phi) is 28.5. The summed E-state index contributed by atoms with van der Waals surface area (Å²) >= 11 is 0. The van der Waals surface area contributed by atoms with Gasteiger partial charge in [0.15, 0.2) is 0 Å². The van der Waals surface area contributed by atoms with Crippen LogP contribution in [0, 0.1) is 0 Å². The van der Waals surface area contributed by atoms with E-state index in [1.54, 1.807) is 36.4 Å². The maximum Gasteiger partial charge on any atom is 2.00 e. The fraction of sp³-hybridized carbons (Fsp3) is 0.520. The van der Waals surface area contributed by atoms with Crippen LogP contribution in [-0.2, 0) is 33.1 Å². The molecule has 0 saturated carbocycles. The predicted octanol–water partition coefficient (Wildman–Crippen LogP) is 13.2. The Bertz CT molecular complexity index is 1910. The van der Waals surface area contributed by atoms with Gasteiger partial charge in [0.05, 0.1) is 4.90 Å². The van der Waals surface area contributed by atoms with E-state index >= 15 is 0 Å². The summed E-state index contributed by atoms with van der Waals surface area (Å²) in [6.45, 7) is 4.47. The number of rotatable bonds is 30. The average molecular weight is 935 g/mol. The van der Waals surface area contributed by atoms with E-state index in [9.17, 15) is 36.2 Å². The summed E-state index contributed by atoms with van der Waals surface area (Å²) in [5, 5.41) is 22.3. The molecule has 4 rings (SSSR count). The van der Waals surface area contributed by atoms with Gasteiger partial charge in [-0.05, 0) is 73.2 Å². The molecule has 0 aliphatic rings. The first kappa shape index (κ1) is 56.3. The van der Waals surface area contributed by atoms with Crippen molar-refractivity contribution in [1.29, 1.82) is 0 Å². The maximum atomic E-state index is 12.2. The molecule has 4 aromatic carbocycles. The molecule has 0 unspecified atom stereocenters. The molecule has 0 radical (unpaired) electrons. The van der Waals surface area contributed by atoms with Crippen LogP contribution in [0.1, 0.15) is 166 Å². The molecule has 0 heterocycles. The van der Waals surface area contributed by atoms with E-state index in [0.717, 1.165) is 43.7 Å². The van der Waals surface area contributed by atoms with Gasteiger partial charge in [0.2, 0.25) is 0 Å². The molecular weight excluding hydrogens is 865 g/mol. The molecule has 13 heteroatoms. The summed E-state index contributed by atoms with van der Waals surface area (Å²) in [6, 6.07) is 22.9. The van der Waals surface area contributed by atoms with Crippen LogP contribution in [-0.4, -0.2) is 68.8 Å². The monoisotopic (exact) mass is 934 g/mol. The van der Waals surface area contributed by atoms with Crippen LogP contribution >= 0.6 is 0 Å². The van der Waals surface area contributed by atoms with Crippen molar-refractivity contribution < 1.29 is 45.6 Å². The van der Waals surface area contributed by atoms with Crippen molar-refractivity contribution >= 4 is 58.0 Å². The van der Waals surface area contributed by atoms with Crippen molar-refractivity contribution in [2.45, 2.75) is 178 Å². The Morgan fingerprint density at radius 3 is 1.17 bits per heavy atom. The summed E-state index contributed by atoms with van der Waals surface area (Å²) in [4.78, 5) is -1.30. The van der Waals surface area contributed by atoms with Gasteiger partial charge in [0.25, 0.3) is 10.1 Å². The molecule has 0 atom stereocenters. The molecule has 0 amide bonds. The molecule has 0 bridgehead atoms. The normalized spacial score (nSPS) is 11.4. The van der Waals surface area contributed by atoms with E-state index in [2.05, 4.69) is 13.8 Å². The van der Waals surface area contributed by atoms with Crippen LogP contribution < -0.4 is 14.6 Å². The topological polar surface area (TPSA) is 173 Å². The van der Waals surface area contributed by atoms with Gasteiger partial charge in [-0.25, -0.2) is 8.42 Å². The molecule has 0 aliphatic carbocycles. The molecule has 344 valence electrons. The number of ether oxygens (including phenoxy) is 2. The molecule has 0 fully saturated rings. The SMILES string of the molecule is CCCCCCCCCCCCCc1cc(O)c(S(=O)(=O)O)cc1Oc1ccccc1.CCCCCCCCCCCCCc1cc([O-])c(S(=O)(=O)[O-])cc1Oc1ccccc1.[Ca+2]. The summed E-state index contributed by atoms with van der Waals surface area (Å²) in [7, 11) is -9.39. The Morgan fingerprint density at radius 1 is 0.492 bits per heavy atom. The molecular formula is C50H70CaO10S2. The standard InChI is InChI=1S/2C25H36O5S.Ca/c2*1-2-3-4-5-6-7-8-9-10-11-13-16-21-19-23(26)25(31(27,28)29)20-24(21)30-22-17-14-12-15-18-22;/h2*12,14-15,17-20,26H,2-11,13,16H2,1H3,(H,27,28,29);/q;;+2/p-2. The first-order chi connectivity index (χ1) is 29.8. The number of hydrogen-bond acceptors (Lipinski definition) is 9. The van der Waals surface area contributed by atoms with E-state index in [1.165, 1.54) is 127 Å². The molecule has 10 nitrogen and oxygen atoms in total. The second kappa shape index (κ2) is 31.9. The first-order valence-electron chi connectivity index (χ1n) is 22.9. The van der Waals surface area contributed by atoms with Crippen molar-refractivity contribution in [2.24, 2.45) is 0 Å². The smallest absolute Gasteiger partial charge is 0.872 e. The zero-order valence-corrected chi connectivity index (χ0v) is 41.6. The van der Waals surface area contributed by atoms with E-state index in [0.29, 0.717) is 35.7 Å².